The van der Waals surface area contributed by atoms with E-state index in [4.69, 9.17) is 21.1 Å². The molecule has 0 atom stereocenters. The number of halogens is 2. The van der Waals surface area contributed by atoms with Gasteiger partial charge in [-0.05, 0) is 47.7 Å². The first-order valence-electron chi connectivity index (χ1n) is 11.8. The summed E-state index contributed by atoms with van der Waals surface area (Å²) >= 11 is 6.81. The molecule has 0 saturated heterocycles. The Morgan fingerprint density at radius 3 is 2.35 bits per heavy atom. The number of methoxy groups -OCH3 is 1. The smallest absolute Gasteiger partial charge is 0.194 e. The van der Waals surface area contributed by atoms with Gasteiger partial charge in [0.25, 0.3) is 0 Å². The van der Waals surface area contributed by atoms with Gasteiger partial charge in [0.05, 0.1) is 12.5 Å². The van der Waals surface area contributed by atoms with Gasteiger partial charge in [-0.25, -0.2) is 4.58 Å². The number of hydrogen-bond donors (Lipinski definition) is 0. The summed E-state index contributed by atoms with van der Waals surface area (Å²) in [6, 6.07) is 23.1. The fraction of sp³-hybridized carbons (Fsp3) is 0.345. The van der Waals surface area contributed by atoms with Crippen LogP contribution in [0.5, 0.6) is 11.5 Å². The molecule has 0 spiro atoms. The third-order valence-corrected chi connectivity index (χ3v) is 7.61. The van der Waals surface area contributed by atoms with Crippen molar-refractivity contribution >= 4 is 17.3 Å². The number of fused-ring (bicyclic) bond motifs is 1. The average molecular weight is 588 g/mol. The third-order valence-electron chi connectivity index (χ3n) is 7.28. The fourth-order valence-electron chi connectivity index (χ4n) is 5.73. The largest absolute Gasteiger partial charge is 1.00 e. The molecule has 1 aliphatic carbocycles. The first kappa shape index (κ1) is 25.1. The Morgan fingerprint density at radius 1 is 0.941 bits per heavy atom. The second-order valence-electron chi connectivity index (χ2n) is 9.22. The first-order chi connectivity index (χ1) is 16.1. The van der Waals surface area contributed by atoms with Gasteiger partial charge in [0.15, 0.2) is 17.2 Å². The Labute approximate surface area is 224 Å². The van der Waals surface area contributed by atoms with E-state index in [9.17, 15) is 0 Å². The summed E-state index contributed by atoms with van der Waals surface area (Å²) < 4.78 is 14.5. The van der Waals surface area contributed by atoms with E-state index < -0.39 is 0 Å². The van der Waals surface area contributed by atoms with E-state index in [-0.39, 0.29) is 29.4 Å². The molecule has 0 unspecified atom stereocenters. The Morgan fingerprint density at radius 2 is 1.65 bits per heavy atom. The molecule has 3 aromatic carbocycles. The molecule has 3 aromatic rings. The molecule has 1 aliphatic heterocycles. The van der Waals surface area contributed by atoms with Crippen molar-refractivity contribution in [3.63, 3.8) is 0 Å². The van der Waals surface area contributed by atoms with Crippen molar-refractivity contribution in [1.82, 2.24) is 0 Å². The zero-order valence-corrected chi connectivity index (χ0v) is 22.7. The van der Waals surface area contributed by atoms with Crippen LogP contribution in [0, 0.1) is 0 Å². The van der Waals surface area contributed by atoms with Gasteiger partial charge in [-0.2, -0.15) is 0 Å². The van der Waals surface area contributed by atoms with E-state index in [0.717, 1.165) is 47.9 Å². The van der Waals surface area contributed by atoms with E-state index in [1.165, 1.54) is 35.2 Å². The summed E-state index contributed by atoms with van der Waals surface area (Å²) in [5, 5.41) is 0.862. The van der Waals surface area contributed by atoms with Crippen LogP contribution in [0.15, 0.2) is 66.7 Å². The molecule has 34 heavy (non-hydrogen) atoms. The van der Waals surface area contributed by atoms with E-state index >= 15 is 0 Å². The van der Waals surface area contributed by atoms with Gasteiger partial charge in [-0.3, -0.25) is 0 Å². The van der Waals surface area contributed by atoms with Gasteiger partial charge in [0, 0.05) is 17.0 Å². The molecule has 0 aromatic heterocycles. The van der Waals surface area contributed by atoms with Crippen molar-refractivity contribution in [3.8, 4) is 11.5 Å². The molecule has 1 heterocycles. The lowest BCUT2D eigenvalue weighted by Crippen LogP contribution is -3.00. The number of hydrogen-bond acceptors (Lipinski definition) is 2. The highest BCUT2D eigenvalue weighted by Gasteiger charge is 2.48. The first-order valence-corrected chi connectivity index (χ1v) is 12.2. The minimum atomic E-state index is -0.0758. The van der Waals surface area contributed by atoms with E-state index in [2.05, 4.69) is 48.0 Å². The maximum absolute atomic E-state index is 6.81. The number of nitrogens with zero attached hydrogens (tertiary/aromatic N) is 1. The lowest BCUT2D eigenvalue weighted by Gasteiger charge is -2.33. The Hall–Kier alpha value is -2.05. The molecule has 1 fully saturated rings. The average Bonchev–Trinajstić information content (AvgIpc) is 3.33. The standard InChI is InChI=1S/C29H31ClNO2.HI/c1-31-17-14-22-18-26(32-2)27(33-20-21-10-4-3-5-11-21)19-23(22)28(31)29(15-8-9-16-29)24-12-6-7-13-25(24)30;/h3-7,10-13,18-19H,8-9,14-17,20H2,1-2H3;1H/q+1;/p-1. The number of rotatable bonds is 6. The van der Waals surface area contributed by atoms with Crippen LogP contribution in [-0.2, 0) is 18.4 Å². The Kier molecular flexibility index (Phi) is 7.88. The predicted molar refractivity (Wildman–Crippen MR) is 134 cm³/mol. The van der Waals surface area contributed by atoms with Crippen LogP contribution in [0.1, 0.15) is 47.9 Å². The van der Waals surface area contributed by atoms with Crippen LogP contribution >= 0.6 is 11.6 Å². The number of ether oxygens (including phenoxy) is 2. The van der Waals surface area contributed by atoms with Gasteiger partial charge in [-0.1, -0.05) is 73.0 Å². The van der Waals surface area contributed by atoms with Gasteiger partial charge < -0.3 is 33.5 Å². The highest BCUT2D eigenvalue weighted by molar-refractivity contribution is 6.32. The third kappa shape index (κ3) is 4.59. The molecule has 3 nitrogen and oxygen atoms in total. The summed E-state index contributed by atoms with van der Waals surface area (Å²) in [5.74, 6) is 1.59. The number of benzene rings is 3. The zero-order chi connectivity index (χ0) is 22.8. The molecule has 0 amide bonds. The van der Waals surface area contributed by atoms with E-state index in [1.807, 2.05) is 30.3 Å². The maximum Gasteiger partial charge on any atom is 0.194 e. The van der Waals surface area contributed by atoms with Crippen LogP contribution in [0.3, 0.4) is 0 Å². The van der Waals surface area contributed by atoms with Crippen LogP contribution in [-0.4, -0.2) is 31.0 Å². The van der Waals surface area contributed by atoms with Crippen molar-refractivity contribution in [2.75, 3.05) is 20.7 Å². The minimum Gasteiger partial charge on any atom is -1.00 e. The molecule has 5 heteroatoms. The molecule has 0 N–H and O–H groups in total. The fourth-order valence-corrected chi connectivity index (χ4v) is 6.04. The van der Waals surface area contributed by atoms with E-state index in [0.29, 0.717) is 6.61 Å². The van der Waals surface area contributed by atoms with Crippen LogP contribution in [0.25, 0.3) is 0 Å². The van der Waals surface area contributed by atoms with E-state index in [1.54, 1.807) is 7.11 Å². The van der Waals surface area contributed by atoms with Gasteiger partial charge in [0.1, 0.15) is 20.2 Å². The van der Waals surface area contributed by atoms with Crippen molar-refractivity contribution in [1.29, 1.82) is 0 Å². The van der Waals surface area contributed by atoms with Crippen molar-refractivity contribution < 1.29 is 38.0 Å². The normalized spacial score (nSPS) is 16.6. The molecule has 2 aliphatic rings. The SMILES string of the molecule is COc1cc2c(cc1OCc1ccccc1)C(C1(c3ccccc3Cl)CCCC1)=[N+](C)CC2.[I-]. The Balaban J connectivity index is 0.00000274. The highest BCUT2D eigenvalue weighted by atomic mass is 127. The quantitative estimate of drug-likeness (QED) is 0.326. The van der Waals surface area contributed by atoms with Crippen LogP contribution < -0.4 is 33.5 Å². The predicted octanol–water partition coefficient (Wildman–Crippen LogP) is 3.43. The molecule has 0 bridgehead atoms. The molecular formula is C29H31ClINO2. The maximum atomic E-state index is 6.81. The molecule has 5 rings (SSSR count). The molecule has 1 saturated carbocycles. The molecule has 0 radical (unpaired) electrons. The summed E-state index contributed by atoms with van der Waals surface area (Å²) in [6.45, 7) is 1.50. The second kappa shape index (κ2) is 10.7. The summed E-state index contributed by atoms with van der Waals surface area (Å²) in [4.78, 5) is 0. The molecular weight excluding hydrogens is 557 g/mol. The minimum absolute atomic E-state index is 0. The van der Waals surface area contributed by atoms with Crippen molar-refractivity contribution in [2.45, 2.75) is 44.1 Å². The van der Waals surface area contributed by atoms with Gasteiger partial charge >= 0.3 is 0 Å². The van der Waals surface area contributed by atoms with Gasteiger partial charge in [-0.15, -0.1) is 0 Å². The van der Waals surface area contributed by atoms with Crippen LogP contribution in [0.4, 0.5) is 0 Å². The summed E-state index contributed by atoms with van der Waals surface area (Å²) in [6.07, 6.45) is 5.64. The van der Waals surface area contributed by atoms with Crippen molar-refractivity contribution in [2.24, 2.45) is 0 Å². The summed E-state index contributed by atoms with van der Waals surface area (Å²) in [7, 11) is 3.95. The van der Waals surface area contributed by atoms with Crippen LogP contribution in [0.2, 0.25) is 5.02 Å². The molecule has 178 valence electrons. The summed E-state index contributed by atoms with van der Waals surface area (Å²) in [5.41, 5.74) is 6.29. The topological polar surface area (TPSA) is 21.5 Å². The highest BCUT2D eigenvalue weighted by Crippen LogP contribution is 2.48. The lowest BCUT2D eigenvalue weighted by atomic mass is 9.70. The van der Waals surface area contributed by atoms with Crippen molar-refractivity contribution in [3.05, 3.63) is 94.0 Å². The zero-order valence-electron chi connectivity index (χ0n) is 19.8. The van der Waals surface area contributed by atoms with Gasteiger partial charge in [0.2, 0.25) is 0 Å². The monoisotopic (exact) mass is 587 g/mol. The number of likely N-dealkylation sites (N-methyl/N-ethyl adjacent to an activating group) is 1. The second-order valence-corrected chi connectivity index (χ2v) is 9.63. The Bertz CT molecular complexity index is 1190. The lowest BCUT2D eigenvalue weighted by molar-refractivity contribution is -0.500.